The van der Waals surface area contributed by atoms with Crippen molar-refractivity contribution in [1.82, 2.24) is 0 Å². The van der Waals surface area contributed by atoms with Crippen LogP contribution in [0.3, 0.4) is 0 Å². The van der Waals surface area contributed by atoms with Crippen LogP contribution < -0.4 is 9.80 Å². The Morgan fingerprint density at radius 2 is 0.552 bits per heavy atom. The van der Waals surface area contributed by atoms with E-state index in [4.69, 9.17) is 0 Å². The molecule has 4 aliphatic rings. The first-order valence-corrected chi connectivity index (χ1v) is 23.9. The summed E-state index contributed by atoms with van der Waals surface area (Å²) in [4.78, 5) is 5.39. The molecule has 2 atom stereocenters. The van der Waals surface area contributed by atoms with Crippen molar-refractivity contribution < 1.29 is 26.3 Å². The third-order valence-corrected chi connectivity index (χ3v) is 17.7. The molecule has 10 rings (SSSR count). The van der Waals surface area contributed by atoms with Crippen molar-refractivity contribution in [2.75, 3.05) is 9.80 Å². The van der Waals surface area contributed by atoms with Crippen molar-refractivity contribution in [1.29, 1.82) is 0 Å². The summed E-state index contributed by atoms with van der Waals surface area (Å²) < 4.78 is 95.4. The summed E-state index contributed by atoms with van der Waals surface area (Å²) in [5.41, 5.74) is 9.00. The molecular weight excluding hydrogens is 891 g/mol. The minimum absolute atomic E-state index is 0.149. The zero-order chi connectivity index (χ0) is 47.6. The number of rotatable bonds is 8. The highest BCUT2D eigenvalue weighted by molar-refractivity contribution is 8.14. The summed E-state index contributed by atoms with van der Waals surface area (Å²) in [5, 5.41) is 0. The van der Waals surface area contributed by atoms with E-state index in [0.717, 1.165) is 56.4 Å². The highest BCUT2D eigenvalue weighted by Crippen LogP contribution is 2.77. The van der Waals surface area contributed by atoms with Gasteiger partial charge >= 0.3 is 17.8 Å². The molecule has 6 aromatic carbocycles. The Balaban J connectivity index is 1.07. The second kappa shape index (κ2) is 15.6. The van der Waals surface area contributed by atoms with Gasteiger partial charge in [0.15, 0.2) is 0 Å². The molecule has 2 aliphatic carbocycles. The SMILES string of the molecule is CC1=C(c2ccc(N(c3ccc(C)cc3)c3ccc(C)cc3)cc2)SC2(C)C1=C1C(=C3C(C)=C(c4ccc(N(c5ccc(C)cc5)c5ccc(C)cc5)cc4)SC32C)C(F)(F)C(F)(F)C1(F)F. The van der Waals surface area contributed by atoms with Gasteiger partial charge in [0.05, 0.1) is 9.49 Å². The molecule has 0 amide bonds. The minimum atomic E-state index is -5.66. The van der Waals surface area contributed by atoms with Crippen LogP contribution in [0.4, 0.5) is 60.5 Å². The lowest BCUT2D eigenvalue weighted by atomic mass is 9.68. The summed E-state index contributed by atoms with van der Waals surface area (Å²) >= 11 is 2.59. The number of aryl methyl sites for hydroxylation is 4. The maximum Gasteiger partial charge on any atom is 0.380 e. The third kappa shape index (κ3) is 6.63. The molecule has 0 N–H and O–H groups in total. The van der Waals surface area contributed by atoms with Crippen LogP contribution in [-0.2, 0) is 0 Å². The van der Waals surface area contributed by atoms with Crippen LogP contribution in [0.25, 0.3) is 9.81 Å². The van der Waals surface area contributed by atoms with E-state index in [9.17, 15) is 0 Å². The molecule has 10 heteroatoms. The van der Waals surface area contributed by atoms with Gasteiger partial charge in [-0.15, -0.1) is 23.5 Å². The van der Waals surface area contributed by atoms with E-state index in [1.54, 1.807) is 27.7 Å². The number of thioether (sulfide) groups is 2. The maximum atomic E-state index is 16.6. The maximum absolute atomic E-state index is 16.6. The summed E-state index contributed by atoms with van der Waals surface area (Å²) in [6.07, 6.45) is 0. The fourth-order valence-electron chi connectivity index (χ4n) is 10.3. The molecule has 2 heterocycles. The largest absolute Gasteiger partial charge is 0.380 e. The Morgan fingerprint density at radius 3 is 0.791 bits per heavy atom. The molecule has 0 spiro atoms. The predicted molar refractivity (Wildman–Crippen MR) is 267 cm³/mol. The number of alkyl halides is 6. The van der Waals surface area contributed by atoms with Gasteiger partial charge in [-0.25, -0.2) is 0 Å². The Bertz CT molecular complexity index is 2790. The summed E-state index contributed by atoms with van der Waals surface area (Å²) in [7, 11) is 0. The first-order chi connectivity index (χ1) is 31.7. The minimum Gasteiger partial charge on any atom is -0.311 e. The number of benzene rings is 6. The van der Waals surface area contributed by atoms with Crippen LogP contribution in [0.5, 0.6) is 0 Å². The van der Waals surface area contributed by atoms with E-state index in [0.29, 0.717) is 32.1 Å². The predicted octanol–water partition coefficient (Wildman–Crippen LogP) is 17.6. The van der Waals surface area contributed by atoms with Gasteiger partial charge in [0.25, 0.3) is 0 Å². The highest BCUT2D eigenvalue weighted by atomic mass is 32.2. The number of hydrogen-bond donors (Lipinski definition) is 0. The molecule has 0 radical (unpaired) electrons. The summed E-state index contributed by atoms with van der Waals surface area (Å²) in [5.74, 6) is -16.0. The van der Waals surface area contributed by atoms with Gasteiger partial charge in [0.2, 0.25) is 0 Å². The Morgan fingerprint density at radius 1 is 0.328 bits per heavy atom. The van der Waals surface area contributed by atoms with Crippen molar-refractivity contribution in [3.8, 4) is 0 Å². The highest BCUT2D eigenvalue weighted by Gasteiger charge is 2.84. The van der Waals surface area contributed by atoms with Gasteiger partial charge in [-0.2, -0.15) is 26.3 Å². The van der Waals surface area contributed by atoms with Crippen LogP contribution >= 0.6 is 23.5 Å². The zero-order valence-corrected chi connectivity index (χ0v) is 40.0. The van der Waals surface area contributed by atoms with E-state index >= 15 is 26.3 Å². The third-order valence-electron chi connectivity index (χ3n) is 14.0. The second-order valence-electron chi connectivity index (χ2n) is 18.5. The van der Waals surface area contributed by atoms with Gasteiger partial charge in [-0.05, 0) is 162 Å². The molecule has 67 heavy (non-hydrogen) atoms. The van der Waals surface area contributed by atoms with E-state index in [2.05, 4.69) is 9.80 Å². The van der Waals surface area contributed by atoms with Crippen molar-refractivity contribution in [2.45, 2.75) is 82.7 Å². The van der Waals surface area contributed by atoms with Crippen molar-refractivity contribution in [3.05, 3.63) is 212 Å². The van der Waals surface area contributed by atoms with E-state index in [1.165, 1.54) is 23.5 Å². The average molecular weight is 939 g/mol. The molecule has 2 aliphatic heterocycles. The average Bonchev–Trinajstić information content (AvgIpc) is 3.78. The number of halogens is 6. The van der Waals surface area contributed by atoms with Crippen LogP contribution in [-0.4, -0.2) is 27.3 Å². The smallest absolute Gasteiger partial charge is 0.311 e. The quantitative estimate of drug-likeness (QED) is 0.140. The molecular formula is C57H48F6N2S2. The Hall–Kier alpha value is -5.84. The monoisotopic (exact) mass is 938 g/mol. The molecule has 340 valence electrons. The van der Waals surface area contributed by atoms with Gasteiger partial charge in [-0.1, -0.05) is 95.1 Å². The lowest BCUT2D eigenvalue weighted by Crippen LogP contribution is -2.49. The molecule has 0 aromatic heterocycles. The standard InChI is InChI=1S/C57H48F6N2S2/c1-33-9-21-41(22-10-33)64(42-23-11-34(2)12-24-42)45-29-17-39(18-30-45)51-37(5)47-49-50(56(60,61)57(62,63)55(49,58)59)48-38(6)52(67-54(48,8)53(47,7)66-51)40-19-31-46(32-20-40)65(43-25-13-35(3)14-26-43)44-27-15-36(4)16-28-44/h9-32H,1-8H3. The topological polar surface area (TPSA) is 6.48 Å². The van der Waals surface area contributed by atoms with Crippen LogP contribution in [0, 0.1) is 27.7 Å². The number of allylic oxidation sites excluding steroid dienone is 4. The first-order valence-electron chi connectivity index (χ1n) is 22.2. The van der Waals surface area contributed by atoms with Crippen LogP contribution in [0.2, 0.25) is 0 Å². The Kier molecular flexibility index (Phi) is 10.5. The molecule has 2 unspecified atom stereocenters. The first kappa shape index (κ1) is 45.0. The fourth-order valence-corrected chi connectivity index (χ4v) is 13.7. The number of nitrogens with zero attached hydrogens (tertiary/aromatic N) is 2. The van der Waals surface area contributed by atoms with Crippen LogP contribution in [0.1, 0.15) is 61.1 Å². The summed E-state index contributed by atoms with van der Waals surface area (Å²) in [6, 6.07) is 48.0. The van der Waals surface area contributed by atoms with E-state index in [1.807, 2.05) is 173 Å². The Labute approximate surface area is 396 Å². The van der Waals surface area contributed by atoms with Crippen molar-refractivity contribution in [3.63, 3.8) is 0 Å². The molecule has 1 saturated carbocycles. The number of hydrogen-bond acceptors (Lipinski definition) is 4. The molecule has 0 bridgehead atoms. The lowest BCUT2D eigenvalue weighted by molar-refractivity contribution is -0.258. The molecule has 0 saturated heterocycles. The van der Waals surface area contributed by atoms with Gasteiger partial charge < -0.3 is 9.80 Å². The molecule has 1 fully saturated rings. The van der Waals surface area contributed by atoms with E-state index in [-0.39, 0.29) is 11.1 Å². The fraction of sp³-hybridized carbons (Fsp3) is 0.228. The molecule has 6 aromatic rings. The number of fused-ring (bicyclic) bond motifs is 4. The van der Waals surface area contributed by atoms with Gasteiger partial charge in [-0.3, -0.25) is 0 Å². The zero-order valence-electron chi connectivity index (χ0n) is 38.3. The normalized spacial score (nSPS) is 22.3. The van der Waals surface area contributed by atoms with Gasteiger partial charge in [0.1, 0.15) is 0 Å². The number of anilines is 6. The lowest BCUT2D eigenvalue weighted by Gasteiger charge is -2.48. The van der Waals surface area contributed by atoms with Gasteiger partial charge in [0, 0.05) is 55.1 Å². The second-order valence-corrected chi connectivity index (χ2v) is 21.4. The van der Waals surface area contributed by atoms with Crippen molar-refractivity contribution in [2.24, 2.45) is 0 Å². The van der Waals surface area contributed by atoms with E-state index < -0.39 is 38.4 Å². The van der Waals surface area contributed by atoms with Crippen molar-refractivity contribution >= 4 is 67.5 Å². The molecule has 2 nitrogen and oxygen atoms in total. The summed E-state index contributed by atoms with van der Waals surface area (Å²) in [6.45, 7) is 14.8. The van der Waals surface area contributed by atoms with Crippen LogP contribution in [0.15, 0.2) is 179 Å².